The summed E-state index contributed by atoms with van der Waals surface area (Å²) in [5.41, 5.74) is 1.52. The Morgan fingerprint density at radius 1 is 0.905 bits per heavy atom. The first-order valence-corrected chi connectivity index (χ1v) is 6.76. The summed E-state index contributed by atoms with van der Waals surface area (Å²) in [5.74, 6) is 1.40. The lowest BCUT2D eigenvalue weighted by Crippen LogP contribution is -1.98. The van der Waals surface area contributed by atoms with E-state index in [1.165, 1.54) is 0 Å². The van der Waals surface area contributed by atoms with Gasteiger partial charge in [0, 0.05) is 10.8 Å². The number of rotatable bonds is 3. The molecule has 0 N–H and O–H groups in total. The Morgan fingerprint density at radius 3 is 2.24 bits per heavy atom. The van der Waals surface area contributed by atoms with E-state index < -0.39 is 0 Å². The van der Waals surface area contributed by atoms with Gasteiger partial charge in [-0.25, -0.2) is 4.98 Å². The highest BCUT2D eigenvalue weighted by molar-refractivity contribution is 6.38. The normalized spacial score (nSPS) is 10.9. The number of hydrogen-bond acceptors (Lipinski definition) is 4. The van der Waals surface area contributed by atoms with Crippen LogP contribution >= 0.6 is 11.6 Å². The first-order chi connectivity index (χ1) is 10.2. The molecule has 1 aromatic heterocycles. The molecule has 0 aliphatic rings. The summed E-state index contributed by atoms with van der Waals surface area (Å²) in [6.45, 7) is 0. The van der Waals surface area contributed by atoms with Crippen molar-refractivity contribution in [2.24, 2.45) is 0 Å². The zero-order chi connectivity index (χ0) is 15.0. The second-order valence-corrected chi connectivity index (χ2v) is 4.87. The van der Waals surface area contributed by atoms with Crippen molar-refractivity contribution < 1.29 is 14.2 Å². The van der Waals surface area contributed by atoms with Crippen molar-refractivity contribution in [2.75, 3.05) is 21.3 Å². The highest BCUT2D eigenvalue weighted by Gasteiger charge is 2.22. The van der Waals surface area contributed by atoms with Gasteiger partial charge in [0.1, 0.15) is 5.52 Å². The summed E-state index contributed by atoms with van der Waals surface area (Å²) in [4.78, 5) is 4.65. The van der Waals surface area contributed by atoms with Crippen molar-refractivity contribution in [2.45, 2.75) is 0 Å². The number of nitrogens with zero attached hydrogens (tertiary/aromatic N) is 1. The molecular weight excluding hydrogens is 290 g/mol. The van der Waals surface area contributed by atoms with E-state index in [1.807, 2.05) is 30.3 Å². The lowest BCUT2D eigenvalue weighted by atomic mass is 10.1. The average molecular weight is 304 g/mol. The van der Waals surface area contributed by atoms with Crippen LogP contribution in [-0.4, -0.2) is 26.3 Å². The van der Waals surface area contributed by atoms with Gasteiger partial charge in [0.15, 0.2) is 11.5 Å². The molecule has 0 saturated heterocycles. The summed E-state index contributed by atoms with van der Waals surface area (Å²) in [6, 6.07) is 9.81. The molecule has 3 aromatic rings. The molecule has 0 aliphatic carbocycles. The molecule has 21 heavy (non-hydrogen) atoms. The number of aromatic nitrogens is 1. The van der Waals surface area contributed by atoms with Crippen molar-refractivity contribution in [3.8, 4) is 17.2 Å². The fraction of sp³-hybridized carbons (Fsp3) is 0.188. The minimum atomic E-state index is 0.445. The second kappa shape index (κ2) is 5.30. The number of benzene rings is 2. The largest absolute Gasteiger partial charge is 0.491 e. The number of methoxy groups -OCH3 is 3. The van der Waals surface area contributed by atoms with Crippen LogP contribution in [-0.2, 0) is 0 Å². The Balaban J connectivity index is 2.52. The lowest BCUT2D eigenvalue weighted by molar-refractivity contribution is 0.327. The van der Waals surface area contributed by atoms with Gasteiger partial charge in [-0.1, -0.05) is 29.8 Å². The van der Waals surface area contributed by atoms with Crippen molar-refractivity contribution >= 4 is 33.4 Å². The Labute approximate surface area is 127 Å². The van der Waals surface area contributed by atoms with E-state index in [0.717, 1.165) is 16.3 Å². The van der Waals surface area contributed by atoms with Gasteiger partial charge in [0.05, 0.1) is 31.9 Å². The van der Waals surface area contributed by atoms with E-state index in [2.05, 4.69) is 4.98 Å². The van der Waals surface area contributed by atoms with Crippen molar-refractivity contribution in [1.29, 1.82) is 0 Å². The third-order valence-corrected chi connectivity index (χ3v) is 3.77. The van der Waals surface area contributed by atoms with Crippen LogP contribution in [0.25, 0.3) is 21.8 Å². The van der Waals surface area contributed by atoms with Crippen LogP contribution in [0.1, 0.15) is 0 Å². The molecule has 4 nitrogen and oxygen atoms in total. The van der Waals surface area contributed by atoms with E-state index in [9.17, 15) is 0 Å². The van der Waals surface area contributed by atoms with E-state index in [-0.39, 0.29) is 0 Å². The Bertz CT molecular complexity index is 833. The molecule has 108 valence electrons. The number of fused-ring (bicyclic) bond motifs is 2. The van der Waals surface area contributed by atoms with Crippen molar-refractivity contribution in [1.82, 2.24) is 4.98 Å². The molecule has 1 heterocycles. The topological polar surface area (TPSA) is 40.6 Å². The second-order valence-electron chi connectivity index (χ2n) is 4.49. The van der Waals surface area contributed by atoms with Crippen LogP contribution in [0, 0.1) is 0 Å². The summed E-state index contributed by atoms with van der Waals surface area (Å²) in [7, 11) is 4.66. The number of pyridine rings is 1. The highest BCUT2D eigenvalue weighted by atomic mass is 35.5. The molecule has 0 spiro atoms. The van der Waals surface area contributed by atoms with E-state index in [4.69, 9.17) is 25.8 Å². The number of hydrogen-bond donors (Lipinski definition) is 0. The van der Waals surface area contributed by atoms with Crippen LogP contribution in [0.3, 0.4) is 0 Å². The average Bonchev–Trinajstić information content (AvgIpc) is 2.53. The van der Waals surface area contributed by atoms with Crippen molar-refractivity contribution in [3.63, 3.8) is 0 Å². The molecule has 0 unspecified atom stereocenters. The Morgan fingerprint density at radius 2 is 1.57 bits per heavy atom. The Hall–Kier alpha value is -2.20. The first kappa shape index (κ1) is 13.8. The number of para-hydroxylation sites is 1. The molecule has 0 bridgehead atoms. The first-order valence-electron chi connectivity index (χ1n) is 6.38. The minimum absolute atomic E-state index is 0.445. The van der Waals surface area contributed by atoms with Gasteiger partial charge in [-0.2, -0.15) is 0 Å². The summed E-state index contributed by atoms with van der Waals surface area (Å²) in [6.07, 6.45) is 0. The molecule has 0 saturated carbocycles. The molecule has 5 heteroatoms. The minimum Gasteiger partial charge on any atom is -0.491 e. The summed E-state index contributed by atoms with van der Waals surface area (Å²) in [5, 5.41) is 2.23. The SMILES string of the molecule is COc1c(OC)c(OC)c2nc3ccccc3cc2c1Cl. The van der Waals surface area contributed by atoms with Crippen LogP contribution < -0.4 is 14.2 Å². The highest BCUT2D eigenvalue weighted by Crippen LogP contribution is 2.48. The van der Waals surface area contributed by atoms with Gasteiger partial charge in [0.2, 0.25) is 5.75 Å². The molecule has 0 fully saturated rings. The predicted molar refractivity (Wildman–Crippen MR) is 83.9 cm³/mol. The molecule has 2 aromatic carbocycles. The maximum atomic E-state index is 6.45. The van der Waals surface area contributed by atoms with Crippen LogP contribution in [0.4, 0.5) is 0 Å². The van der Waals surface area contributed by atoms with Crippen LogP contribution in [0.5, 0.6) is 17.2 Å². The fourth-order valence-corrected chi connectivity index (χ4v) is 2.75. The number of halogens is 1. The molecular formula is C16H14ClNO3. The third-order valence-electron chi connectivity index (χ3n) is 3.40. The van der Waals surface area contributed by atoms with Crippen molar-refractivity contribution in [3.05, 3.63) is 35.4 Å². The summed E-state index contributed by atoms with van der Waals surface area (Å²) >= 11 is 6.45. The maximum Gasteiger partial charge on any atom is 0.207 e. The monoisotopic (exact) mass is 303 g/mol. The molecule has 0 radical (unpaired) electrons. The van der Waals surface area contributed by atoms with E-state index in [0.29, 0.717) is 27.8 Å². The van der Waals surface area contributed by atoms with Gasteiger partial charge in [-0.05, 0) is 12.1 Å². The lowest BCUT2D eigenvalue weighted by Gasteiger charge is -2.16. The van der Waals surface area contributed by atoms with Gasteiger partial charge >= 0.3 is 0 Å². The zero-order valence-electron chi connectivity index (χ0n) is 11.9. The smallest absolute Gasteiger partial charge is 0.207 e. The standard InChI is InChI=1S/C16H14ClNO3/c1-19-14-12(17)10-8-9-6-4-5-7-11(9)18-13(10)15(20-2)16(14)21-3/h4-8H,1-3H3. The van der Waals surface area contributed by atoms with Crippen LogP contribution in [0.15, 0.2) is 30.3 Å². The van der Waals surface area contributed by atoms with Crippen LogP contribution in [0.2, 0.25) is 5.02 Å². The quantitative estimate of drug-likeness (QED) is 0.684. The molecule has 0 aliphatic heterocycles. The van der Waals surface area contributed by atoms with Gasteiger partial charge in [-0.3, -0.25) is 0 Å². The summed E-state index contributed by atoms with van der Waals surface area (Å²) < 4.78 is 16.2. The predicted octanol–water partition coefficient (Wildman–Crippen LogP) is 4.07. The van der Waals surface area contributed by atoms with E-state index in [1.54, 1.807) is 21.3 Å². The molecule has 0 amide bonds. The fourth-order valence-electron chi connectivity index (χ4n) is 2.45. The molecule has 0 atom stereocenters. The van der Waals surface area contributed by atoms with E-state index >= 15 is 0 Å². The zero-order valence-corrected chi connectivity index (χ0v) is 12.7. The Kier molecular flexibility index (Phi) is 3.47. The molecule has 3 rings (SSSR count). The maximum absolute atomic E-state index is 6.45. The van der Waals surface area contributed by atoms with Gasteiger partial charge in [0.25, 0.3) is 0 Å². The van der Waals surface area contributed by atoms with Gasteiger partial charge in [-0.15, -0.1) is 0 Å². The third kappa shape index (κ3) is 2.03. The number of ether oxygens (including phenoxy) is 3. The van der Waals surface area contributed by atoms with Gasteiger partial charge < -0.3 is 14.2 Å².